The van der Waals surface area contributed by atoms with Gasteiger partial charge in [0.05, 0.1) is 11.9 Å². The van der Waals surface area contributed by atoms with Crippen molar-refractivity contribution in [1.82, 2.24) is 4.90 Å². The van der Waals surface area contributed by atoms with Crippen molar-refractivity contribution in [2.75, 3.05) is 25.5 Å². The van der Waals surface area contributed by atoms with Gasteiger partial charge in [-0.2, -0.15) is 0 Å². The molecule has 21 heavy (non-hydrogen) atoms. The number of likely N-dealkylation sites (tertiary alicyclic amines) is 1. The summed E-state index contributed by atoms with van der Waals surface area (Å²) in [5, 5.41) is 17.2. The number of hydrogen-bond donors (Lipinski definition) is 2. The molecule has 5 nitrogen and oxygen atoms in total. The number of anilines is 1. The molecule has 0 aromatic heterocycles. The number of piperidine rings is 1. The topological polar surface area (TPSA) is 64.0 Å². The van der Waals surface area contributed by atoms with Crippen LogP contribution in [0.2, 0.25) is 0 Å². The van der Waals surface area contributed by atoms with Crippen molar-refractivity contribution >= 4 is 27.6 Å². The summed E-state index contributed by atoms with van der Waals surface area (Å²) >= 11 is 3.58. The Morgan fingerprint density at radius 2 is 2.00 bits per heavy atom. The molecule has 1 aromatic carbocycles. The monoisotopic (exact) mass is 356 g/mol. The van der Waals surface area contributed by atoms with Crippen LogP contribution >= 0.6 is 15.9 Å². The Bertz CT molecular complexity index is 546. The molecule has 2 atom stereocenters. The average molecular weight is 357 g/mol. The van der Waals surface area contributed by atoms with Gasteiger partial charge in [-0.15, -0.1) is 0 Å². The van der Waals surface area contributed by atoms with E-state index in [-0.39, 0.29) is 0 Å². The maximum Gasteiger partial charge on any atom is 0.300 e. The van der Waals surface area contributed by atoms with Crippen molar-refractivity contribution < 1.29 is 15.0 Å². The van der Waals surface area contributed by atoms with Crippen LogP contribution in [0.15, 0.2) is 16.6 Å². The normalized spacial score (nSPS) is 23.9. The zero-order chi connectivity index (χ0) is 15.7. The summed E-state index contributed by atoms with van der Waals surface area (Å²) in [7, 11) is 4.33. The first-order valence-corrected chi connectivity index (χ1v) is 7.75. The third kappa shape index (κ3) is 3.32. The number of phenols is 1. The largest absolute Gasteiger partial charge is 0.508 e. The number of hydrogen-bond acceptors (Lipinski definition) is 4. The quantitative estimate of drug-likeness (QED) is 0.748. The van der Waals surface area contributed by atoms with Gasteiger partial charge in [0.2, 0.25) is 0 Å². The number of halogens is 1. The van der Waals surface area contributed by atoms with Crippen LogP contribution < -0.4 is 4.90 Å². The summed E-state index contributed by atoms with van der Waals surface area (Å²) in [5.41, 5.74) is 2.54. The van der Waals surface area contributed by atoms with Crippen LogP contribution in [0.25, 0.3) is 0 Å². The lowest BCUT2D eigenvalue weighted by Gasteiger charge is -2.48. The maximum atomic E-state index is 9.75. The van der Waals surface area contributed by atoms with Gasteiger partial charge in [0.15, 0.2) is 0 Å². The van der Waals surface area contributed by atoms with Gasteiger partial charge in [-0.25, -0.2) is 0 Å². The minimum absolute atomic E-state index is 0.362. The van der Waals surface area contributed by atoms with E-state index in [1.165, 1.54) is 17.7 Å². The van der Waals surface area contributed by atoms with Crippen molar-refractivity contribution in [3.05, 3.63) is 22.2 Å². The zero-order valence-electron chi connectivity index (χ0n) is 12.5. The lowest BCUT2D eigenvalue weighted by molar-refractivity contribution is -0.134. The highest BCUT2D eigenvalue weighted by molar-refractivity contribution is 9.10. The highest BCUT2D eigenvalue weighted by Gasteiger charge is 2.37. The number of carboxylic acid groups (broad SMARTS) is 1. The average Bonchev–Trinajstić information content (AvgIpc) is 2.36. The summed E-state index contributed by atoms with van der Waals surface area (Å²) < 4.78 is 1.00. The molecule has 0 saturated carbocycles. The van der Waals surface area contributed by atoms with Gasteiger partial charge in [0.1, 0.15) is 5.75 Å². The summed E-state index contributed by atoms with van der Waals surface area (Å²) in [6, 6.07) is 3.72. The number of nitrogens with zero attached hydrogens (tertiary/aromatic N) is 2. The maximum absolute atomic E-state index is 9.75. The molecule has 0 spiro atoms. The first kappa shape index (κ1) is 16.1. The van der Waals surface area contributed by atoms with E-state index in [0.29, 0.717) is 17.8 Å². The van der Waals surface area contributed by atoms with Crippen LogP contribution in [0.3, 0.4) is 0 Å². The van der Waals surface area contributed by atoms with Crippen LogP contribution in [0.5, 0.6) is 5.75 Å². The number of fused-ring (bicyclic) bond motifs is 4. The second-order valence-corrected chi connectivity index (χ2v) is 6.53. The number of phenolic OH excluding ortho intramolecular Hbond substituents is 1. The van der Waals surface area contributed by atoms with Crippen molar-refractivity contribution in [1.29, 1.82) is 0 Å². The minimum Gasteiger partial charge on any atom is -0.508 e. The molecule has 2 unspecified atom stereocenters. The Morgan fingerprint density at radius 3 is 2.62 bits per heavy atom. The van der Waals surface area contributed by atoms with Gasteiger partial charge in [-0.1, -0.05) is 0 Å². The zero-order valence-corrected chi connectivity index (χ0v) is 14.1. The van der Waals surface area contributed by atoms with Crippen molar-refractivity contribution in [2.45, 2.75) is 31.8 Å². The molecule has 0 aliphatic carbocycles. The predicted octanol–water partition coefficient (Wildman–Crippen LogP) is 2.83. The highest BCUT2D eigenvalue weighted by atomic mass is 79.9. The second kappa shape index (κ2) is 6.23. The third-order valence-electron chi connectivity index (χ3n) is 4.15. The Hall–Kier alpha value is -1.27. The van der Waals surface area contributed by atoms with Gasteiger partial charge in [-0.3, -0.25) is 9.69 Å². The lowest BCUT2D eigenvalue weighted by Crippen LogP contribution is -2.52. The smallest absolute Gasteiger partial charge is 0.300 e. The van der Waals surface area contributed by atoms with Gasteiger partial charge in [-0.05, 0) is 59.4 Å². The fourth-order valence-electron chi connectivity index (χ4n) is 3.23. The molecule has 1 aromatic rings. The molecule has 2 N–H and O–H groups in total. The lowest BCUT2D eigenvalue weighted by atomic mass is 9.83. The first-order valence-electron chi connectivity index (χ1n) is 6.96. The Balaban J connectivity index is 0.000000361. The number of carboxylic acids is 1. The molecule has 6 heteroatoms. The first-order chi connectivity index (χ1) is 9.81. The number of rotatable bonds is 0. The summed E-state index contributed by atoms with van der Waals surface area (Å²) in [6.45, 7) is 2.21. The summed E-state index contributed by atoms with van der Waals surface area (Å²) in [4.78, 5) is 13.7. The van der Waals surface area contributed by atoms with Crippen molar-refractivity contribution in [2.24, 2.45) is 0 Å². The van der Waals surface area contributed by atoms with E-state index < -0.39 is 5.97 Å². The van der Waals surface area contributed by atoms with E-state index in [1.807, 2.05) is 6.07 Å². The number of aromatic hydroxyl groups is 1. The summed E-state index contributed by atoms with van der Waals surface area (Å²) in [5.74, 6) is 0.118. The molecule has 0 radical (unpaired) electrons. The van der Waals surface area contributed by atoms with E-state index in [0.717, 1.165) is 24.4 Å². The van der Waals surface area contributed by atoms with Crippen LogP contribution in [-0.2, 0) is 4.79 Å². The second-order valence-electron chi connectivity index (χ2n) is 5.68. The Morgan fingerprint density at radius 1 is 1.38 bits per heavy atom. The Labute approximate surface area is 133 Å². The fourth-order valence-corrected chi connectivity index (χ4v) is 3.98. The van der Waals surface area contributed by atoms with Crippen LogP contribution in [-0.4, -0.2) is 47.9 Å². The predicted molar refractivity (Wildman–Crippen MR) is 85.9 cm³/mol. The molecule has 1 saturated heterocycles. The van der Waals surface area contributed by atoms with Crippen LogP contribution in [0, 0.1) is 0 Å². The van der Waals surface area contributed by atoms with Gasteiger partial charge in [0, 0.05) is 25.0 Å². The van der Waals surface area contributed by atoms with Crippen molar-refractivity contribution in [3.8, 4) is 5.75 Å². The van der Waals surface area contributed by atoms with Crippen LogP contribution in [0.1, 0.15) is 31.2 Å². The molecule has 2 heterocycles. The molecule has 1 fully saturated rings. The SMILES string of the molecule is CC(=O)O.CN1CCC2CC1N(C)c1c(Br)cc(O)cc12. The minimum atomic E-state index is -0.833. The van der Waals surface area contributed by atoms with Crippen molar-refractivity contribution in [3.63, 3.8) is 0 Å². The third-order valence-corrected chi connectivity index (χ3v) is 4.76. The van der Waals surface area contributed by atoms with Gasteiger partial charge in [0.25, 0.3) is 5.97 Å². The van der Waals surface area contributed by atoms with E-state index >= 15 is 0 Å². The molecule has 2 aliphatic rings. The molecular formula is C15H21BrN2O3. The van der Waals surface area contributed by atoms with Crippen LogP contribution in [0.4, 0.5) is 5.69 Å². The number of aliphatic carboxylic acids is 1. The molecule has 2 aliphatic heterocycles. The molecule has 2 bridgehead atoms. The van der Waals surface area contributed by atoms with E-state index in [9.17, 15) is 5.11 Å². The van der Waals surface area contributed by atoms with Gasteiger partial charge >= 0.3 is 0 Å². The summed E-state index contributed by atoms with van der Waals surface area (Å²) in [6.07, 6.45) is 2.83. The number of carbonyl (C=O) groups is 1. The highest BCUT2D eigenvalue weighted by Crippen LogP contribution is 2.47. The molecular weight excluding hydrogens is 336 g/mol. The fraction of sp³-hybridized carbons (Fsp3) is 0.533. The van der Waals surface area contributed by atoms with E-state index in [1.54, 1.807) is 6.07 Å². The number of benzene rings is 1. The molecule has 3 rings (SSSR count). The Kier molecular flexibility index (Phi) is 4.78. The van der Waals surface area contributed by atoms with E-state index in [4.69, 9.17) is 9.90 Å². The molecule has 0 amide bonds. The molecule has 116 valence electrons. The van der Waals surface area contributed by atoms with Gasteiger partial charge < -0.3 is 15.1 Å². The van der Waals surface area contributed by atoms with E-state index in [2.05, 4.69) is 39.8 Å². The standard InChI is InChI=1S/C13H17BrN2O.C2H4O2/c1-15-4-3-8-5-12(15)16(2)13-10(8)6-9(17)7-11(13)14;1-2(3)4/h6-8,12,17H,3-5H2,1-2H3;1H3,(H,3,4).